The molecular formula is C13H19FN2O2. The molecular weight excluding hydrogens is 235 g/mol. The normalized spacial score (nSPS) is 10.1. The van der Waals surface area contributed by atoms with Crippen molar-refractivity contribution in [1.29, 1.82) is 0 Å². The summed E-state index contributed by atoms with van der Waals surface area (Å²) in [5.74, 6) is -0.236. The van der Waals surface area contributed by atoms with Gasteiger partial charge < -0.3 is 15.4 Å². The highest BCUT2D eigenvalue weighted by Crippen LogP contribution is 2.05. The van der Waals surface area contributed by atoms with Gasteiger partial charge in [-0.15, -0.1) is 0 Å². The van der Waals surface area contributed by atoms with Crippen molar-refractivity contribution in [3.05, 3.63) is 35.6 Å². The van der Waals surface area contributed by atoms with Crippen molar-refractivity contribution in [3.8, 4) is 0 Å². The molecule has 0 heterocycles. The number of carbonyl (C=O) groups excluding carboxylic acids is 1. The van der Waals surface area contributed by atoms with E-state index >= 15 is 0 Å². The number of rotatable bonds is 7. The van der Waals surface area contributed by atoms with E-state index in [9.17, 15) is 9.18 Å². The first-order valence-corrected chi connectivity index (χ1v) is 5.98. The summed E-state index contributed by atoms with van der Waals surface area (Å²) in [4.78, 5) is 11.3. The van der Waals surface area contributed by atoms with Gasteiger partial charge in [-0.1, -0.05) is 18.2 Å². The molecule has 100 valence electrons. The van der Waals surface area contributed by atoms with E-state index in [-0.39, 0.29) is 11.8 Å². The minimum atomic E-state index is -0.236. The Kier molecular flexibility index (Phi) is 6.79. The van der Waals surface area contributed by atoms with Gasteiger partial charge in [0.1, 0.15) is 5.82 Å². The summed E-state index contributed by atoms with van der Waals surface area (Å²) in [5, 5.41) is 5.37. The molecule has 4 nitrogen and oxygen atoms in total. The van der Waals surface area contributed by atoms with Crippen LogP contribution in [0.3, 0.4) is 0 Å². The SMILES string of the molecule is COCCCNC(=O)NCCc1ccccc1F. The van der Waals surface area contributed by atoms with Crippen LogP contribution in [0, 0.1) is 5.82 Å². The topological polar surface area (TPSA) is 50.4 Å². The molecule has 0 aromatic heterocycles. The number of halogens is 1. The Hall–Kier alpha value is -1.62. The zero-order valence-electron chi connectivity index (χ0n) is 10.5. The van der Waals surface area contributed by atoms with E-state index in [1.54, 1.807) is 25.3 Å². The molecule has 2 N–H and O–H groups in total. The molecule has 0 aliphatic carbocycles. The molecule has 1 aromatic carbocycles. The van der Waals surface area contributed by atoms with Crippen LogP contribution in [0.4, 0.5) is 9.18 Å². The Morgan fingerprint density at radius 3 is 2.72 bits per heavy atom. The van der Waals surface area contributed by atoms with Crippen LogP contribution >= 0.6 is 0 Å². The smallest absolute Gasteiger partial charge is 0.314 e. The quantitative estimate of drug-likeness (QED) is 0.728. The van der Waals surface area contributed by atoms with Gasteiger partial charge in [0.15, 0.2) is 0 Å². The maximum atomic E-state index is 13.3. The Bertz CT molecular complexity index is 372. The van der Waals surface area contributed by atoms with E-state index in [2.05, 4.69) is 10.6 Å². The van der Waals surface area contributed by atoms with Crippen molar-refractivity contribution in [1.82, 2.24) is 10.6 Å². The van der Waals surface area contributed by atoms with E-state index in [0.29, 0.717) is 31.7 Å². The fourth-order valence-electron chi connectivity index (χ4n) is 1.49. The van der Waals surface area contributed by atoms with Gasteiger partial charge in [0.25, 0.3) is 0 Å². The fourth-order valence-corrected chi connectivity index (χ4v) is 1.49. The Labute approximate surface area is 107 Å². The van der Waals surface area contributed by atoms with Crippen LogP contribution in [0.2, 0.25) is 0 Å². The second kappa shape index (κ2) is 8.47. The Balaban J connectivity index is 2.14. The standard InChI is InChI=1S/C13H19FN2O2/c1-18-10-4-8-15-13(17)16-9-7-11-5-2-3-6-12(11)14/h2-3,5-6H,4,7-10H2,1H3,(H2,15,16,17). The molecule has 0 radical (unpaired) electrons. The van der Waals surface area contributed by atoms with Crippen LogP contribution in [0.5, 0.6) is 0 Å². The first kappa shape index (κ1) is 14.4. The molecule has 0 bridgehead atoms. The fraction of sp³-hybridized carbons (Fsp3) is 0.462. The summed E-state index contributed by atoms with van der Waals surface area (Å²) in [6.07, 6.45) is 1.26. The van der Waals surface area contributed by atoms with Crippen LogP contribution in [-0.4, -0.2) is 32.8 Å². The molecule has 0 unspecified atom stereocenters. The van der Waals surface area contributed by atoms with Gasteiger partial charge in [0.05, 0.1) is 0 Å². The number of carbonyl (C=O) groups is 1. The van der Waals surface area contributed by atoms with Crippen LogP contribution in [-0.2, 0) is 11.2 Å². The van der Waals surface area contributed by atoms with Gasteiger partial charge in [-0.2, -0.15) is 0 Å². The lowest BCUT2D eigenvalue weighted by molar-refractivity contribution is 0.193. The molecule has 0 saturated heterocycles. The first-order valence-electron chi connectivity index (χ1n) is 5.98. The molecule has 0 fully saturated rings. The number of amides is 2. The lowest BCUT2D eigenvalue weighted by Crippen LogP contribution is -2.37. The number of urea groups is 1. The number of hydrogen-bond acceptors (Lipinski definition) is 2. The number of benzene rings is 1. The van der Waals surface area contributed by atoms with Crippen molar-refractivity contribution in [2.24, 2.45) is 0 Å². The maximum absolute atomic E-state index is 13.3. The third-order valence-electron chi connectivity index (χ3n) is 2.45. The largest absolute Gasteiger partial charge is 0.385 e. The number of nitrogens with one attached hydrogen (secondary N) is 2. The lowest BCUT2D eigenvalue weighted by Gasteiger charge is -2.07. The van der Waals surface area contributed by atoms with Crippen LogP contribution in [0.15, 0.2) is 24.3 Å². The van der Waals surface area contributed by atoms with Gasteiger partial charge in [0.2, 0.25) is 0 Å². The van der Waals surface area contributed by atoms with Crippen molar-refractivity contribution in [2.75, 3.05) is 26.8 Å². The highest BCUT2D eigenvalue weighted by molar-refractivity contribution is 5.73. The average Bonchev–Trinajstić information content (AvgIpc) is 2.37. The zero-order chi connectivity index (χ0) is 13.2. The van der Waals surface area contributed by atoms with E-state index in [4.69, 9.17) is 4.74 Å². The molecule has 5 heteroatoms. The molecule has 1 aromatic rings. The summed E-state index contributed by atoms with van der Waals surface area (Å²) >= 11 is 0. The van der Waals surface area contributed by atoms with Crippen molar-refractivity contribution in [3.63, 3.8) is 0 Å². The molecule has 18 heavy (non-hydrogen) atoms. The lowest BCUT2D eigenvalue weighted by atomic mass is 10.1. The minimum Gasteiger partial charge on any atom is -0.385 e. The maximum Gasteiger partial charge on any atom is 0.314 e. The van der Waals surface area contributed by atoms with E-state index in [0.717, 1.165) is 6.42 Å². The van der Waals surface area contributed by atoms with Crippen molar-refractivity contribution < 1.29 is 13.9 Å². The van der Waals surface area contributed by atoms with E-state index in [1.807, 2.05) is 0 Å². The molecule has 0 saturated carbocycles. The average molecular weight is 254 g/mol. The third-order valence-corrected chi connectivity index (χ3v) is 2.45. The summed E-state index contributed by atoms with van der Waals surface area (Å²) in [6, 6.07) is 6.33. The molecule has 1 rings (SSSR count). The number of methoxy groups -OCH3 is 1. The van der Waals surface area contributed by atoms with Gasteiger partial charge in [-0.25, -0.2) is 9.18 Å². The molecule has 0 aliphatic heterocycles. The first-order chi connectivity index (χ1) is 8.74. The van der Waals surface area contributed by atoms with E-state index in [1.165, 1.54) is 6.07 Å². The zero-order valence-corrected chi connectivity index (χ0v) is 10.5. The monoisotopic (exact) mass is 254 g/mol. The predicted octanol–water partition coefficient (Wildman–Crippen LogP) is 1.70. The van der Waals surface area contributed by atoms with Crippen molar-refractivity contribution >= 4 is 6.03 Å². The van der Waals surface area contributed by atoms with Crippen LogP contribution in [0.1, 0.15) is 12.0 Å². The predicted molar refractivity (Wildman–Crippen MR) is 68.0 cm³/mol. The number of hydrogen-bond donors (Lipinski definition) is 2. The summed E-state index contributed by atoms with van der Waals surface area (Å²) in [6.45, 7) is 1.60. The second-order valence-electron chi connectivity index (χ2n) is 3.87. The Morgan fingerprint density at radius 1 is 1.28 bits per heavy atom. The highest BCUT2D eigenvalue weighted by atomic mass is 19.1. The van der Waals surface area contributed by atoms with Crippen LogP contribution in [0.25, 0.3) is 0 Å². The van der Waals surface area contributed by atoms with Gasteiger partial charge in [0, 0.05) is 26.8 Å². The summed E-state index contributed by atoms with van der Waals surface area (Å²) < 4.78 is 18.1. The summed E-state index contributed by atoms with van der Waals surface area (Å²) in [5.41, 5.74) is 0.609. The third kappa shape index (κ3) is 5.63. The van der Waals surface area contributed by atoms with Gasteiger partial charge in [-0.3, -0.25) is 0 Å². The molecule has 0 spiro atoms. The Morgan fingerprint density at radius 2 is 2.00 bits per heavy atom. The summed E-state index contributed by atoms with van der Waals surface area (Å²) in [7, 11) is 1.62. The minimum absolute atomic E-state index is 0.234. The molecule has 0 aliphatic rings. The molecule has 0 atom stereocenters. The second-order valence-corrected chi connectivity index (χ2v) is 3.87. The number of ether oxygens (including phenoxy) is 1. The van der Waals surface area contributed by atoms with Gasteiger partial charge in [-0.05, 0) is 24.5 Å². The van der Waals surface area contributed by atoms with E-state index < -0.39 is 0 Å². The highest BCUT2D eigenvalue weighted by Gasteiger charge is 2.02. The molecule has 2 amide bonds. The van der Waals surface area contributed by atoms with Gasteiger partial charge >= 0.3 is 6.03 Å². The van der Waals surface area contributed by atoms with Crippen molar-refractivity contribution in [2.45, 2.75) is 12.8 Å². The van der Waals surface area contributed by atoms with Crippen LogP contribution < -0.4 is 10.6 Å².